The van der Waals surface area contributed by atoms with Crippen LogP contribution in [-0.4, -0.2) is 45.6 Å². The maximum absolute atomic E-state index is 14.5. The maximum Gasteiger partial charge on any atom is 0.225 e. The molecule has 3 rings (SSSR count). The third kappa shape index (κ3) is 4.66. The summed E-state index contributed by atoms with van der Waals surface area (Å²) in [6, 6.07) is 3.57. The minimum atomic E-state index is -0.562. The van der Waals surface area contributed by atoms with Crippen LogP contribution < -0.4 is 5.32 Å². The molecule has 0 spiro atoms. The van der Waals surface area contributed by atoms with Gasteiger partial charge in [0.25, 0.3) is 0 Å². The van der Waals surface area contributed by atoms with E-state index in [1.54, 1.807) is 18.3 Å². The summed E-state index contributed by atoms with van der Waals surface area (Å²) in [6.45, 7) is 7.03. The molecule has 6 nitrogen and oxygen atoms in total. The number of H-pyrrole nitrogens is 1. The van der Waals surface area contributed by atoms with Gasteiger partial charge in [-0.3, -0.25) is 14.9 Å². The van der Waals surface area contributed by atoms with Crippen molar-refractivity contribution in [3.8, 4) is 11.3 Å². The van der Waals surface area contributed by atoms with Crippen molar-refractivity contribution in [1.82, 2.24) is 20.1 Å². The molecule has 1 fully saturated rings. The van der Waals surface area contributed by atoms with Crippen LogP contribution in [0.25, 0.3) is 11.3 Å². The van der Waals surface area contributed by atoms with Crippen molar-refractivity contribution in [2.75, 3.05) is 25.0 Å². The molecule has 7 heteroatoms. The van der Waals surface area contributed by atoms with E-state index in [4.69, 9.17) is 0 Å². The number of aryl methyl sites for hydroxylation is 1. The van der Waals surface area contributed by atoms with E-state index in [1.165, 1.54) is 19.3 Å². The fraction of sp³-hybridized carbons (Fsp3) is 0.526. The number of nitrogens with one attached hydrogen (secondary N) is 2. The smallest absolute Gasteiger partial charge is 0.225 e. The lowest BCUT2D eigenvalue weighted by Crippen LogP contribution is -2.34. The molecular formula is C19H26FN5O. The molecule has 1 unspecified atom stereocenters. The van der Waals surface area contributed by atoms with Gasteiger partial charge in [-0.25, -0.2) is 4.39 Å². The van der Waals surface area contributed by atoms with E-state index in [9.17, 15) is 9.18 Å². The van der Waals surface area contributed by atoms with Gasteiger partial charge in [-0.2, -0.15) is 5.10 Å². The second-order valence-electron chi connectivity index (χ2n) is 7.17. The van der Waals surface area contributed by atoms with Crippen LogP contribution in [0, 0.1) is 18.7 Å². The summed E-state index contributed by atoms with van der Waals surface area (Å²) in [5.41, 5.74) is 1.68. The number of carbonyl (C=O) groups excluding carboxylic acids is 1. The van der Waals surface area contributed by atoms with Crippen LogP contribution in [0.4, 0.5) is 10.2 Å². The zero-order valence-corrected chi connectivity index (χ0v) is 15.4. The molecule has 2 aromatic heterocycles. The first-order valence-corrected chi connectivity index (χ1v) is 9.22. The van der Waals surface area contributed by atoms with Gasteiger partial charge in [0.2, 0.25) is 5.91 Å². The number of piperidine rings is 1. The summed E-state index contributed by atoms with van der Waals surface area (Å²) >= 11 is 0. The highest BCUT2D eigenvalue weighted by Gasteiger charge is 2.19. The number of aromatic amines is 1. The Bertz CT molecular complexity index is 737. The Morgan fingerprint density at radius 1 is 1.35 bits per heavy atom. The quantitative estimate of drug-likeness (QED) is 0.829. The fourth-order valence-electron chi connectivity index (χ4n) is 3.37. The van der Waals surface area contributed by atoms with Crippen molar-refractivity contribution in [3.05, 3.63) is 29.8 Å². The van der Waals surface area contributed by atoms with E-state index in [-0.39, 0.29) is 23.3 Å². The number of pyridine rings is 1. The summed E-state index contributed by atoms with van der Waals surface area (Å²) in [4.78, 5) is 18.8. The van der Waals surface area contributed by atoms with Crippen molar-refractivity contribution < 1.29 is 9.18 Å². The van der Waals surface area contributed by atoms with Gasteiger partial charge in [0, 0.05) is 30.4 Å². The Kier molecular flexibility index (Phi) is 5.98. The van der Waals surface area contributed by atoms with Crippen molar-refractivity contribution >= 4 is 11.7 Å². The van der Waals surface area contributed by atoms with E-state index >= 15 is 0 Å². The maximum atomic E-state index is 14.5. The first kappa shape index (κ1) is 18.5. The topological polar surface area (TPSA) is 73.9 Å². The summed E-state index contributed by atoms with van der Waals surface area (Å²) in [7, 11) is 0. The van der Waals surface area contributed by atoms with Gasteiger partial charge < -0.3 is 10.2 Å². The third-order valence-electron chi connectivity index (χ3n) is 4.72. The standard InChI is InChI=1S/C19H26FN5O/c1-13(12-25-8-4-3-5-9-25)10-16(26)22-19-17(20)18(23-24-19)15-7-6-14(2)21-11-15/h6-7,11,13H,3-5,8-10,12H2,1-2H3,(H2,22,23,24,26). The molecule has 0 bridgehead atoms. The van der Waals surface area contributed by atoms with Crippen molar-refractivity contribution in [3.63, 3.8) is 0 Å². The molecular weight excluding hydrogens is 333 g/mol. The zero-order valence-electron chi connectivity index (χ0n) is 15.4. The van der Waals surface area contributed by atoms with Gasteiger partial charge in [-0.15, -0.1) is 0 Å². The van der Waals surface area contributed by atoms with Gasteiger partial charge in [0.1, 0.15) is 5.69 Å². The Balaban J connectivity index is 1.56. The lowest BCUT2D eigenvalue weighted by atomic mass is 10.0. The highest BCUT2D eigenvalue weighted by atomic mass is 19.1. The van der Waals surface area contributed by atoms with E-state index in [2.05, 4.69) is 32.3 Å². The molecule has 3 heterocycles. The summed E-state index contributed by atoms with van der Waals surface area (Å²) in [5.74, 6) is -0.618. The third-order valence-corrected chi connectivity index (χ3v) is 4.72. The molecule has 1 amide bonds. The molecule has 26 heavy (non-hydrogen) atoms. The first-order chi connectivity index (χ1) is 12.5. The van der Waals surface area contributed by atoms with Gasteiger partial charge in [0.15, 0.2) is 11.6 Å². The minimum absolute atomic E-state index is 0.0595. The van der Waals surface area contributed by atoms with Crippen LogP contribution in [-0.2, 0) is 4.79 Å². The number of nitrogens with zero attached hydrogens (tertiary/aromatic N) is 3. The highest BCUT2D eigenvalue weighted by Crippen LogP contribution is 2.25. The van der Waals surface area contributed by atoms with Gasteiger partial charge in [-0.1, -0.05) is 13.3 Å². The number of hydrogen-bond acceptors (Lipinski definition) is 4. The minimum Gasteiger partial charge on any atom is -0.307 e. The first-order valence-electron chi connectivity index (χ1n) is 9.22. The normalized spacial score (nSPS) is 16.4. The summed E-state index contributed by atoms with van der Waals surface area (Å²) in [5, 5.41) is 9.14. The highest BCUT2D eigenvalue weighted by molar-refractivity contribution is 5.90. The Morgan fingerprint density at radius 2 is 2.12 bits per heavy atom. The number of anilines is 1. The number of amides is 1. The Morgan fingerprint density at radius 3 is 2.81 bits per heavy atom. The molecule has 140 valence electrons. The van der Waals surface area contributed by atoms with Crippen LogP contribution in [0.2, 0.25) is 0 Å². The Labute approximate surface area is 153 Å². The number of halogens is 1. The zero-order chi connectivity index (χ0) is 18.5. The largest absolute Gasteiger partial charge is 0.307 e. The molecule has 1 aliphatic heterocycles. The van der Waals surface area contributed by atoms with E-state index < -0.39 is 5.82 Å². The lowest BCUT2D eigenvalue weighted by Gasteiger charge is -2.28. The monoisotopic (exact) mass is 359 g/mol. The lowest BCUT2D eigenvalue weighted by molar-refractivity contribution is -0.117. The van der Waals surface area contributed by atoms with Crippen molar-refractivity contribution in [2.24, 2.45) is 5.92 Å². The van der Waals surface area contributed by atoms with Crippen LogP contribution >= 0.6 is 0 Å². The molecule has 0 saturated carbocycles. The molecule has 0 aromatic carbocycles. The van der Waals surface area contributed by atoms with Gasteiger partial charge in [-0.05, 0) is 50.9 Å². The predicted octanol–water partition coefficient (Wildman–Crippen LogP) is 3.37. The SMILES string of the molecule is Cc1ccc(-c2[nH]nc(NC(=O)CC(C)CN3CCCCC3)c2F)cn1. The van der Waals surface area contributed by atoms with Gasteiger partial charge >= 0.3 is 0 Å². The van der Waals surface area contributed by atoms with Crippen molar-refractivity contribution in [1.29, 1.82) is 0 Å². The molecule has 0 aliphatic carbocycles. The average Bonchev–Trinajstić information content (AvgIpc) is 2.97. The number of aromatic nitrogens is 3. The van der Waals surface area contributed by atoms with E-state index in [1.807, 2.05) is 6.92 Å². The Hall–Kier alpha value is -2.28. The molecule has 0 radical (unpaired) electrons. The van der Waals surface area contributed by atoms with Gasteiger partial charge in [0.05, 0.1) is 0 Å². The summed E-state index contributed by atoms with van der Waals surface area (Å²) < 4.78 is 14.5. The molecule has 2 N–H and O–H groups in total. The van der Waals surface area contributed by atoms with Crippen LogP contribution in [0.1, 0.15) is 38.3 Å². The second kappa shape index (κ2) is 8.40. The molecule has 1 aliphatic rings. The number of hydrogen-bond donors (Lipinski definition) is 2. The van der Waals surface area contributed by atoms with Crippen LogP contribution in [0.3, 0.4) is 0 Å². The molecule has 1 atom stereocenters. The number of carbonyl (C=O) groups is 1. The van der Waals surface area contributed by atoms with E-state index in [0.717, 1.165) is 25.3 Å². The van der Waals surface area contributed by atoms with Crippen LogP contribution in [0.5, 0.6) is 0 Å². The number of rotatable bonds is 6. The van der Waals surface area contributed by atoms with Crippen molar-refractivity contribution in [2.45, 2.75) is 39.5 Å². The van der Waals surface area contributed by atoms with E-state index in [0.29, 0.717) is 12.0 Å². The predicted molar refractivity (Wildman–Crippen MR) is 99.2 cm³/mol. The molecule has 2 aromatic rings. The number of likely N-dealkylation sites (tertiary alicyclic amines) is 1. The van der Waals surface area contributed by atoms with Crippen LogP contribution in [0.15, 0.2) is 18.3 Å². The second-order valence-corrected chi connectivity index (χ2v) is 7.17. The average molecular weight is 359 g/mol. The fourth-order valence-corrected chi connectivity index (χ4v) is 3.37. The summed E-state index contributed by atoms with van der Waals surface area (Å²) in [6.07, 6.45) is 5.69. The molecule has 1 saturated heterocycles.